The molecular formula is C14H29NOS. The van der Waals surface area contributed by atoms with Crippen molar-refractivity contribution in [3.63, 3.8) is 0 Å². The van der Waals surface area contributed by atoms with Crippen LogP contribution < -0.4 is 5.32 Å². The summed E-state index contributed by atoms with van der Waals surface area (Å²) in [5, 5.41) is 13.9. The van der Waals surface area contributed by atoms with Crippen LogP contribution in [-0.2, 0) is 0 Å². The number of hydrogen-bond acceptors (Lipinski definition) is 3. The van der Waals surface area contributed by atoms with Gasteiger partial charge >= 0.3 is 0 Å². The normalized spacial score (nSPS) is 31.4. The molecule has 2 N–H and O–H groups in total. The predicted octanol–water partition coefficient (Wildman–Crippen LogP) is 3.05. The van der Waals surface area contributed by atoms with Gasteiger partial charge in [0.15, 0.2) is 0 Å². The number of nitrogens with one attached hydrogen (secondary N) is 1. The largest absolute Gasteiger partial charge is 0.395 e. The van der Waals surface area contributed by atoms with Crippen LogP contribution in [0.15, 0.2) is 0 Å². The average molecular weight is 259 g/mol. The minimum atomic E-state index is 0.304. The molecule has 0 heterocycles. The zero-order chi connectivity index (χ0) is 12.7. The maximum atomic E-state index is 9.21. The van der Waals surface area contributed by atoms with Gasteiger partial charge in [0.1, 0.15) is 0 Å². The van der Waals surface area contributed by atoms with Gasteiger partial charge in [-0.15, -0.1) is 0 Å². The minimum absolute atomic E-state index is 0.304. The summed E-state index contributed by atoms with van der Waals surface area (Å²) in [4.78, 5) is 0. The van der Waals surface area contributed by atoms with E-state index in [-0.39, 0.29) is 0 Å². The molecular weight excluding hydrogens is 230 g/mol. The van der Waals surface area contributed by atoms with Gasteiger partial charge in [-0.3, -0.25) is 0 Å². The van der Waals surface area contributed by atoms with E-state index >= 15 is 0 Å². The fourth-order valence-corrected chi connectivity index (χ4v) is 4.36. The van der Waals surface area contributed by atoms with Crippen LogP contribution in [0.3, 0.4) is 0 Å². The maximum absolute atomic E-state index is 9.21. The fraction of sp³-hybridized carbons (Fsp3) is 1.00. The highest BCUT2D eigenvalue weighted by Crippen LogP contribution is 2.36. The highest BCUT2D eigenvalue weighted by molar-refractivity contribution is 8.00. The van der Waals surface area contributed by atoms with E-state index in [1.807, 2.05) is 11.8 Å². The third kappa shape index (κ3) is 5.19. The van der Waals surface area contributed by atoms with Crippen LogP contribution in [0.2, 0.25) is 0 Å². The molecule has 0 aromatic rings. The topological polar surface area (TPSA) is 32.3 Å². The Hall–Kier alpha value is 0.270. The van der Waals surface area contributed by atoms with E-state index in [1.54, 1.807) is 0 Å². The Morgan fingerprint density at radius 2 is 2.12 bits per heavy atom. The summed E-state index contributed by atoms with van der Waals surface area (Å²) in [7, 11) is 0. The van der Waals surface area contributed by atoms with Crippen molar-refractivity contribution in [2.45, 2.75) is 69.4 Å². The lowest BCUT2D eigenvalue weighted by Crippen LogP contribution is -2.43. The second kappa shape index (κ2) is 8.39. The van der Waals surface area contributed by atoms with Gasteiger partial charge in [0.05, 0.1) is 6.61 Å². The third-order valence-corrected chi connectivity index (χ3v) is 5.21. The molecule has 0 saturated heterocycles. The van der Waals surface area contributed by atoms with Gasteiger partial charge in [-0.1, -0.05) is 33.6 Å². The van der Waals surface area contributed by atoms with Crippen molar-refractivity contribution in [2.75, 3.05) is 13.2 Å². The standard InChI is InChI=1S/C14H29NOS/c1-4-6-12-7-8-13(15-5-2)14(9-12)17-11(3)10-16/h11-16H,4-10H2,1-3H3. The van der Waals surface area contributed by atoms with Gasteiger partial charge in [0, 0.05) is 16.5 Å². The molecule has 1 fully saturated rings. The lowest BCUT2D eigenvalue weighted by molar-refractivity contribution is 0.283. The molecule has 102 valence electrons. The summed E-state index contributed by atoms with van der Waals surface area (Å²) >= 11 is 1.99. The lowest BCUT2D eigenvalue weighted by Gasteiger charge is -2.37. The molecule has 1 rings (SSSR count). The van der Waals surface area contributed by atoms with E-state index in [4.69, 9.17) is 0 Å². The Morgan fingerprint density at radius 3 is 2.71 bits per heavy atom. The van der Waals surface area contributed by atoms with Gasteiger partial charge in [0.25, 0.3) is 0 Å². The number of hydrogen-bond donors (Lipinski definition) is 2. The van der Waals surface area contributed by atoms with E-state index in [0.29, 0.717) is 23.1 Å². The molecule has 0 aromatic heterocycles. The maximum Gasteiger partial charge on any atom is 0.0547 e. The smallest absolute Gasteiger partial charge is 0.0547 e. The molecule has 0 spiro atoms. The van der Waals surface area contributed by atoms with Gasteiger partial charge < -0.3 is 10.4 Å². The molecule has 0 amide bonds. The second-order valence-electron chi connectivity index (χ2n) is 5.30. The first-order valence-corrected chi connectivity index (χ1v) is 8.15. The Labute approximate surface area is 111 Å². The quantitative estimate of drug-likeness (QED) is 0.737. The summed E-state index contributed by atoms with van der Waals surface area (Å²) in [5.41, 5.74) is 0. The van der Waals surface area contributed by atoms with Crippen molar-refractivity contribution >= 4 is 11.8 Å². The third-order valence-electron chi connectivity index (χ3n) is 3.73. The van der Waals surface area contributed by atoms with Gasteiger partial charge in [-0.2, -0.15) is 11.8 Å². The van der Waals surface area contributed by atoms with Crippen molar-refractivity contribution in [3.05, 3.63) is 0 Å². The first-order chi connectivity index (χ1) is 8.21. The first-order valence-electron chi connectivity index (χ1n) is 7.20. The molecule has 1 saturated carbocycles. The molecule has 0 aromatic carbocycles. The fourth-order valence-electron chi connectivity index (χ4n) is 2.87. The summed E-state index contributed by atoms with van der Waals surface area (Å²) in [6, 6.07) is 0.659. The second-order valence-corrected chi connectivity index (χ2v) is 6.98. The van der Waals surface area contributed by atoms with E-state index in [9.17, 15) is 5.11 Å². The number of aliphatic hydroxyl groups is 1. The van der Waals surface area contributed by atoms with Crippen LogP contribution in [0.5, 0.6) is 0 Å². The van der Waals surface area contributed by atoms with Crippen LogP contribution in [0.1, 0.15) is 52.9 Å². The van der Waals surface area contributed by atoms with Crippen LogP contribution >= 0.6 is 11.8 Å². The average Bonchev–Trinajstić information content (AvgIpc) is 2.33. The molecule has 0 radical (unpaired) electrons. The summed E-state index contributed by atoms with van der Waals surface area (Å²) in [6.45, 7) is 7.98. The molecule has 4 atom stereocenters. The number of thioether (sulfide) groups is 1. The molecule has 0 bridgehead atoms. The van der Waals surface area contributed by atoms with Crippen molar-refractivity contribution < 1.29 is 5.11 Å². The highest BCUT2D eigenvalue weighted by Gasteiger charge is 2.30. The minimum Gasteiger partial charge on any atom is -0.395 e. The van der Waals surface area contributed by atoms with Crippen molar-refractivity contribution in [1.29, 1.82) is 0 Å². The molecule has 1 aliphatic rings. The Morgan fingerprint density at radius 1 is 1.35 bits per heavy atom. The zero-order valence-electron chi connectivity index (χ0n) is 11.6. The van der Waals surface area contributed by atoms with Crippen LogP contribution in [0.4, 0.5) is 0 Å². The highest BCUT2D eigenvalue weighted by atomic mass is 32.2. The molecule has 3 heteroatoms. The number of rotatable bonds is 7. The van der Waals surface area contributed by atoms with E-state index in [2.05, 4.69) is 26.1 Å². The zero-order valence-corrected chi connectivity index (χ0v) is 12.4. The molecule has 0 aliphatic heterocycles. The molecule has 17 heavy (non-hydrogen) atoms. The summed E-state index contributed by atoms with van der Waals surface area (Å²) < 4.78 is 0. The van der Waals surface area contributed by atoms with E-state index in [1.165, 1.54) is 32.1 Å². The van der Waals surface area contributed by atoms with Gasteiger partial charge in [-0.25, -0.2) is 0 Å². The Bertz CT molecular complexity index is 201. The van der Waals surface area contributed by atoms with Crippen molar-refractivity contribution in [2.24, 2.45) is 5.92 Å². The molecule has 2 nitrogen and oxygen atoms in total. The summed E-state index contributed by atoms with van der Waals surface area (Å²) in [6.07, 6.45) is 6.72. The van der Waals surface area contributed by atoms with E-state index in [0.717, 1.165) is 12.5 Å². The van der Waals surface area contributed by atoms with Crippen molar-refractivity contribution in [1.82, 2.24) is 5.32 Å². The van der Waals surface area contributed by atoms with Crippen molar-refractivity contribution in [3.8, 4) is 0 Å². The Kier molecular flexibility index (Phi) is 7.56. The van der Waals surface area contributed by atoms with E-state index < -0.39 is 0 Å². The van der Waals surface area contributed by atoms with Crippen LogP contribution in [-0.4, -0.2) is 34.8 Å². The van der Waals surface area contributed by atoms with Gasteiger partial charge in [-0.05, 0) is 31.7 Å². The SMILES string of the molecule is CCCC1CCC(NCC)C(SC(C)CO)C1. The Balaban J connectivity index is 2.49. The summed E-state index contributed by atoms with van der Waals surface area (Å²) in [5.74, 6) is 0.915. The molecule has 4 unspecified atom stereocenters. The molecule has 1 aliphatic carbocycles. The first kappa shape index (κ1) is 15.3. The predicted molar refractivity (Wildman–Crippen MR) is 77.6 cm³/mol. The van der Waals surface area contributed by atoms with Gasteiger partial charge in [0.2, 0.25) is 0 Å². The lowest BCUT2D eigenvalue weighted by atomic mass is 9.83. The monoisotopic (exact) mass is 259 g/mol. The van der Waals surface area contributed by atoms with Crippen LogP contribution in [0, 0.1) is 5.92 Å². The number of aliphatic hydroxyl groups excluding tert-OH is 1. The van der Waals surface area contributed by atoms with Crippen LogP contribution in [0.25, 0.3) is 0 Å².